The van der Waals surface area contributed by atoms with Gasteiger partial charge in [0.05, 0.1) is 12.5 Å². The first-order chi connectivity index (χ1) is 15.1. The summed E-state index contributed by atoms with van der Waals surface area (Å²) in [6.07, 6.45) is 2.63. The zero-order valence-electron chi connectivity index (χ0n) is 17.9. The molecule has 0 saturated carbocycles. The van der Waals surface area contributed by atoms with Gasteiger partial charge in [0.25, 0.3) is 0 Å². The molecular weight excluding hydrogens is 462 g/mol. The number of thioether (sulfide) groups is 1. The van der Waals surface area contributed by atoms with Gasteiger partial charge in [0, 0.05) is 5.75 Å². The second kappa shape index (κ2) is 16.6. The minimum atomic E-state index is -1.35. The topological polar surface area (TPSA) is 214 Å². The van der Waals surface area contributed by atoms with Gasteiger partial charge in [0.1, 0.15) is 18.1 Å². The Bertz CT molecular complexity index is 653. The fraction of sp³-hybridized carbons (Fsp3) is 0.722. The predicted molar refractivity (Wildman–Crippen MR) is 123 cm³/mol. The Morgan fingerprint density at radius 3 is 1.97 bits per heavy atom. The number of carbonyl (C=O) groups excluding carboxylic acids is 3. The minimum absolute atomic E-state index is 0.117. The molecule has 0 fully saturated rings. The van der Waals surface area contributed by atoms with Gasteiger partial charge < -0.3 is 37.6 Å². The zero-order valence-corrected chi connectivity index (χ0v) is 19.6. The third-order valence-corrected chi connectivity index (χ3v) is 5.36. The van der Waals surface area contributed by atoms with Crippen LogP contribution in [0.5, 0.6) is 0 Å². The first-order valence-corrected chi connectivity index (χ1v) is 12.0. The van der Waals surface area contributed by atoms with Gasteiger partial charge in [0.2, 0.25) is 17.7 Å². The number of amides is 3. The van der Waals surface area contributed by atoms with E-state index in [4.69, 9.17) is 16.6 Å². The number of carbonyl (C=O) groups is 5. The molecule has 0 aliphatic rings. The molecule has 0 aromatic heterocycles. The normalized spacial score (nSPS) is 14.5. The van der Waals surface area contributed by atoms with E-state index in [2.05, 4.69) is 28.6 Å². The number of hydrogen-bond acceptors (Lipinski definition) is 9. The number of carboxylic acid groups (broad SMARTS) is 2. The van der Waals surface area contributed by atoms with Gasteiger partial charge in [-0.1, -0.05) is 0 Å². The summed E-state index contributed by atoms with van der Waals surface area (Å²) in [6.45, 7) is 0.370. The zero-order chi connectivity index (χ0) is 24.7. The molecule has 9 N–H and O–H groups in total. The van der Waals surface area contributed by atoms with Crippen molar-refractivity contribution in [2.45, 2.75) is 56.3 Å². The van der Waals surface area contributed by atoms with E-state index >= 15 is 0 Å². The highest BCUT2D eigenvalue weighted by molar-refractivity contribution is 7.98. The standard InChI is InChI=1S/C18H33N5O7S2/c1-32-7-5-12(18(29)30)22-17(28)13(9-31)23-16(27)11(4-2-3-6-19)21-15(26)10(20)8-14(24)25/h10-13,31H,2-9,19-20H2,1H3,(H,21,26)(H,22,28)(H,23,27)(H,24,25)(H,29,30). The number of nitrogens with two attached hydrogens (primary N) is 2. The molecule has 0 spiro atoms. The molecule has 0 heterocycles. The average Bonchev–Trinajstić information content (AvgIpc) is 2.72. The maximum atomic E-state index is 12.7. The molecule has 4 atom stereocenters. The smallest absolute Gasteiger partial charge is 0.326 e. The summed E-state index contributed by atoms with van der Waals surface area (Å²) < 4.78 is 0. The van der Waals surface area contributed by atoms with Crippen molar-refractivity contribution in [2.75, 3.05) is 24.3 Å². The van der Waals surface area contributed by atoms with Crippen molar-refractivity contribution in [3.63, 3.8) is 0 Å². The summed E-state index contributed by atoms with van der Waals surface area (Å²) in [5.41, 5.74) is 11.0. The number of carboxylic acids is 2. The number of hydrogen-bond donors (Lipinski definition) is 8. The van der Waals surface area contributed by atoms with E-state index in [1.54, 1.807) is 6.26 Å². The Morgan fingerprint density at radius 1 is 0.906 bits per heavy atom. The summed E-state index contributed by atoms with van der Waals surface area (Å²) in [7, 11) is 0. The van der Waals surface area contributed by atoms with Crippen LogP contribution in [-0.2, 0) is 24.0 Å². The van der Waals surface area contributed by atoms with Crippen molar-refractivity contribution in [1.29, 1.82) is 0 Å². The van der Waals surface area contributed by atoms with Crippen molar-refractivity contribution < 1.29 is 34.2 Å². The third-order valence-electron chi connectivity index (χ3n) is 4.35. The van der Waals surface area contributed by atoms with Gasteiger partial charge in [-0.25, -0.2) is 4.79 Å². The van der Waals surface area contributed by atoms with Crippen LogP contribution in [0, 0.1) is 0 Å². The van der Waals surface area contributed by atoms with Crippen molar-refractivity contribution >= 4 is 54.1 Å². The van der Waals surface area contributed by atoms with E-state index in [0.717, 1.165) is 0 Å². The molecule has 3 amide bonds. The van der Waals surface area contributed by atoms with Crippen molar-refractivity contribution in [3.8, 4) is 0 Å². The lowest BCUT2D eigenvalue weighted by Crippen LogP contribution is -2.57. The van der Waals surface area contributed by atoms with Crippen LogP contribution in [0.4, 0.5) is 0 Å². The van der Waals surface area contributed by atoms with Gasteiger partial charge in [0.15, 0.2) is 0 Å². The maximum absolute atomic E-state index is 12.7. The molecule has 0 rings (SSSR count). The monoisotopic (exact) mass is 495 g/mol. The highest BCUT2D eigenvalue weighted by Gasteiger charge is 2.29. The number of nitrogens with one attached hydrogen (secondary N) is 3. The SMILES string of the molecule is CSCCC(NC(=O)C(CS)NC(=O)C(CCCCN)NC(=O)C(N)CC(=O)O)C(=O)O. The van der Waals surface area contributed by atoms with Gasteiger partial charge in [-0.2, -0.15) is 24.4 Å². The van der Waals surface area contributed by atoms with Crippen LogP contribution < -0.4 is 27.4 Å². The molecular formula is C18H33N5O7S2. The van der Waals surface area contributed by atoms with Gasteiger partial charge >= 0.3 is 11.9 Å². The molecule has 0 aromatic rings. The first-order valence-electron chi connectivity index (χ1n) is 9.98. The van der Waals surface area contributed by atoms with Crippen molar-refractivity contribution in [2.24, 2.45) is 11.5 Å². The van der Waals surface area contributed by atoms with Crippen LogP contribution in [0.2, 0.25) is 0 Å². The average molecular weight is 496 g/mol. The summed E-state index contributed by atoms with van der Waals surface area (Å²) in [4.78, 5) is 59.5. The Kier molecular flexibility index (Phi) is 15.5. The summed E-state index contributed by atoms with van der Waals surface area (Å²) >= 11 is 5.48. The summed E-state index contributed by atoms with van der Waals surface area (Å²) in [6, 6.07) is -4.71. The summed E-state index contributed by atoms with van der Waals surface area (Å²) in [5, 5.41) is 25.3. The second-order valence-electron chi connectivity index (χ2n) is 6.97. The summed E-state index contributed by atoms with van der Waals surface area (Å²) in [5.74, 6) is -4.32. The lowest BCUT2D eigenvalue weighted by atomic mass is 10.1. The minimum Gasteiger partial charge on any atom is -0.481 e. The molecule has 0 aliphatic carbocycles. The van der Waals surface area contributed by atoms with Gasteiger partial charge in [-0.15, -0.1) is 0 Å². The fourth-order valence-electron chi connectivity index (χ4n) is 2.55. The van der Waals surface area contributed by atoms with Crippen LogP contribution in [0.15, 0.2) is 0 Å². The van der Waals surface area contributed by atoms with Gasteiger partial charge in [-0.3, -0.25) is 19.2 Å². The maximum Gasteiger partial charge on any atom is 0.326 e. The quantitative estimate of drug-likeness (QED) is 0.0831. The predicted octanol–water partition coefficient (Wildman–Crippen LogP) is -1.86. The second-order valence-corrected chi connectivity index (χ2v) is 8.33. The molecule has 0 bridgehead atoms. The van der Waals surface area contributed by atoms with Crippen molar-refractivity contribution in [3.05, 3.63) is 0 Å². The Balaban J connectivity index is 5.21. The van der Waals surface area contributed by atoms with Crippen LogP contribution in [0.3, 0.4) is 0 Å². The molecule has 0 radical (unpaired) electrons. The number of rotatable bonds is 17. The third kappa shape index (κ3) is 12.1. The van der Waals surface area contributed by atoms with E-state index in [0.29, 0.717) is 25.1 Å². The fourth-order valence-corrected chi connectivity index (χ4v) is 3.28. The highest BCUT2D eigenvalue weighted by atomic mass is 32.2. The molecule has 0 aliphatic heterocycles. The highest BCUT2D eigenvalue weighted by Crippen LogP contribution is 2.05. The van der Waals surface area contributed by atoms with Gasteiger partial charge in [-0.05, 0) is 44.2 Å². The molecule has 32 heavy (non-hydrogen) atoms. The lowest BCUT2D eigenvalue weighted by Gasteiger charge is -2.24. The lowest BCUT2D eigenvalue weighted by molar-refractivity contribution is -0.142. The number of thiol groups is 1. The molecule has 4 unspecified atom stereocenters. The van der Waals surface area contributed by atoms with Crippen LogP contribution in [0.25, 0.3) is 0 Å². The molecule has 14 heteroatoms. The van der Waals surface area contributed by atoms with Crippen molar-refractivity contribution in [1.82, 2.24) is 16.0 Å². The molecule has 0 aromatic carbocycles. The number of unbranched alkanes of at least 4 members (excludes halogenated alkanes) is 1. The van der Waals surface area contributed by atoms with E-state index in [1.807, 2.05) is 0 Å². The van der Waals surface area contributed by atoms with Crippen LogP contribution in [-0.4, -0.2) is 88.3 Å². The first kappa shape index (κ1) is 30.0. The Hall–Kier alpha value is -2.03. The number of aliphatic carboxylic acids is 2. The molecule has 184 valence electrons. The molecule has 12 nitrogen and oxygen atoms in total. The van der Waals surface area contributed by atoms with E-state index in [9.17, 15) is 29.1 Å². The van der Waals surface area contributed by atoms with Crippen LogP contribution >= 0.6 is 24.4 Å². The van der Waals surface area contributed by atoms with E-state index < -0.39 is 60.2 Å². The molecule has 0 saturated heterocycles. The largest absolute Gasteiger partial charge is 0.481 e. The van der Waals surface area contributed by atoms with E-state index in [-0.39, 0.29) is 18.6 Å². The Labute approximate surface area is 196 Å². The Morgan fingerprint density at radius 2 is 1.47 bits per heavy atom. The van der Waals surface area contributed by atoms with E-state index in [1.165, 1.54) is 11.8 Å². The van der Waals surface area contributed by atoms with Crippen LogP contribution in [0.1, 0.15) is 32.1 Å².